The van der Waals surface area contributed by atoms with Gasteiger partial charge in [-0.05, 0) is 38.1 Å². The van der Waals surface area contributed by atoms with Crippen LogP contribution in [0.3, 0.4) is 0 Å². The number of aromatic nitrogens is 3. The molecule has 2 aromatic carbocycles. The Balaban J connectivity index is 1.45. The minimum absolute atomic E-state index is 0.0288. The van der Waals surface area contributed by atoms with Crippen molar-refractivity contribution in [2.24, 2.45) is 5.10 Å². The average Bonchev–Trinajstić information content (AvgIpc) is 3.24. The number of hydrazone groups is 1. The largest absolute Gasteiger partial charge is 0.493 e. The van der Waals surface area contributed by atoms with Crippen molar-refractivity contribution in [1.82, 2.24) is 20.4 Å². The first kappa shape index (κ1) is 18.0. The van der Waals surface area contributed by atoms with Gasteiger partial charge in [0.1, 0.15) is 29.7 Å². The molecule has 8 heteroatoms. The molecule has 0 saturated heterocycles. The summed E-state index contributed by atoms with van der Waals surface area (Å²) in [5.74, 6) is 1.26. The lowest BCUT2D eigenvalue weighted by atomic mass is 10.1. The summed E-state index contributed by atoms with van der Waals surface area (Å²) in [6.07, 6.45) is 2.57. The van der Waals surface area contributed by atoms with Crippen molar-refractivity contribution < 1.29 is 14.3 Å². The molecular formula is C20H21N5O3. The Hall–Kier alpha value is -3.42. The third-order valence-corrected chi connectivity index (χ3v) is 4.43. The van der Waals surface area contributed by atoms with Crippen molar-refractivity contribution in [3.63, 3.8) is 0 Å². The van der Waals surface area contributed by atoms with Gasteiger partial charge in [0.2, 0.25) is 0 Å². The van der Waals surface area contributed by atoms with Crippen LogP contribution < -0.4 is 14.9 Å². The molecule has 2 heterocycles. The molecule has 1 N–H and O–H groups in total. The summed E-state index contributed by atoms with van der Waals surface area (Å²) < 4.78 is 13.0. The fourth-order valence-corrected chi connectivity index (χ4v) is 3.22. The summed E-state index contributed by atoms with van der Waals surface area (Å²) in [6.45, 7) is 4.53. The van der Waals surface area contributed by atoms with Crippen LogP contribution in [-0.2, 0) is 17.8 Å². The smallest absolute Gasteiger partial charge is 0.261 e. The molecular weight excluding hydrogens is 358 g/mol. The number of carbonyl (C=O) groups is 1. The number of amides is 1. The quantitative estimate of drug-likeness (QED) is 0.524. The maximum Gasteiger partial charge on any atom is 0.261 e. The Morgan fingerprint density at radius 3 is 3.14 bits per heavy atom. The van der Waals surface area contributed by atoms with Crippen LogP contribution in [0.2, 0.25) is 0 Å². The molecule has 28 heavy (non-hydrogen) atoms. The molecule has 8 nitrogen and oxygen atoms in total. The molecule has 0 unspecified atom stereocenters. The molecule has 1 amide bonds. The van der Waals surface area contributed by atoms with Crippen LogP contribution in [0.1, 0.15) is 25.0 Å². The topological polar surface area (TPSA) is 90.6 Å². The first-order chi connectivity index (χ1) is 13.6. The predicted octanol–water partition coefficient (Wildman–Crippen LogP) is 2.30. The fraction of sp³-hybridized carbons (Fsp3) is 0.300. The summed E-state index contributed by atoms with van der Waals surface area (Å²) in [6, 6.07) is 11.3. The van der Waals surface area contributed by atoms with E-state index in [-0.39, 0.29) is 18.6 Å². The number of ether oxygens (including phenoxy) is 2. The van der Waals surface area contributed by atoms with Crippen LogP contribution in [-0.4, -0.2) is 39.8 Å². The molecule has 0 fully saturated rings. The molecule has 144 valence electrons. The first-order valence-electron chi connectivity index (χ1n) is 9.20. The van der Waals surface area contributed by atoms with E-state index in [0.717, 1.165) is 40.1 Å². The Bertz CT molecular complexity index is 1040. The van der Waals surface area contributed by atoms with Crippen molar-refractivity contribution in [3.05, 3.63) is 47.5 Å². The number of fused-ring (bicyclic) bond motifs is 2. The zero-order valence-electron chi connectivity index (χ0n) is 15.8. The van der Waals surface area contributed by atoms with Gasteiger partial charge in [-0.15, -0.1) is 5.10 Å². The Labute approximate surface area is 162 Å². The van der Waals surface area contributed by atoms with Gasteiger partial charge in [-0.25, -0.2) is 10.1 Å². The third-order valence-electron chi connectivity index (χ3n) is 4.43. The highest BCUT2D eigenvalue weighted by molar-refractivity contribution is 5.86. The minimum Gasteiger partial charge on any atom is -0.493 e. The van der Waals surface area contributed by atoms with E-state index in [2.05, 4.69) is 20.8 Å². The molecule has 0 radical (unpaired) electrons. The van der Waals surface area contributed by atoms with Gasteiger partial charge in [0.15, 0.2) is 0 Å². The predicted molar refractivity (Wildman–Crippen MR) is 105 cm³/mol. The summed E-state index contributed by atoms with van der Waals surface area (Å²) in [5, 5.41) is 12.1. The fourth-order valence-electron chi connectivity index (χ4n) is 3.22. The number of hydrogen-bond donors (Lipinski definition) is 1. The Morgan fingerprint density at radius 1 is 1.43 bits per heavy atom. The Morgan fingerprint density at radius 2 is 2.29 bits per heavy atom. The van der Waals surface area contributed by atoms with Crippen LogP contribution in [0, 0.1) is 0 Å². The summed E-state index contributed by atoms with van der Waals surface area (Å²) in [7, 11) is 0. The van der Waals surface area contributed by atoms with Gasteiger partial charge >= 0.3 is 0 Å². The zero-order valence-corrected chi connectivity index (χ0v) is 15.8. The second kappa shape index (κ2) is 7.67. The second-order valence-electron chi connectivity index (χ2n) is 6.59. The molecule has 1 aliphatic rings. The minimum atomic E-state index is -0.295. The van der Waals surface area contributed by atoms with Crippen molar-refractivity contribution in [3.8, 4) is 11.5 Å². The van der Waals surface area contributed by atoms with Gasteiger partial charge in [-0.3, -0.25) is 4.79 Å². The van der Waals surface area contributed by atoms with Crippen LogP contribution >= 0.6 is 0 Å². The van der Waals surface area contributed by atoms with Crippen LogP contribution in [0.15, 0.2) is 41.5 Å². The van der Waals surface area contributed by atoms with Gasteiger partial charge < -0.3 is 9.47 Å². The van der Waals surface area contributed by atoms with E-state index in [4.69, 9.17) is 9.47 Å². The number of nitrogens with zero attached hydrogens (tertiary/aromatic N) is 4. The number of nitrogens with one attached hydrogen (secondary N) is 1. The lowest BCUT2D eigenvalue weighted by molar-refractivity contribution is -0.121. The summed E-state index contributed by atoms with van der Waals surface area (Å²) >= 11 is 0. The highest BCUT2D eigenvalue weighted by atomic mass is 16.5. The van der Waals surface area contributed by atoms with E-state index in [0.29, 0.717) is 6.61 Å². The van der Waals surface area contributed by atoms with Crippen molar-refractivity contribution in [2.45, 2.75) is 32.9 Å². The lowest BCUT2D eigenvalue weighted by Crippen LogP contribution is -2.23. The highest BCUT2D eigenvalue weighted by Gasteiger charge is 2.21. The lowest BCUT2D eigenvalue weighted by Gasteiger charge is -2.09. The van der Waals surface area contributed by atoms with Gasteiger partial charge in [-0.1, -0.05) is 17.3 Å². The maximum atomic E-state index is 12.2. The van der Waals surface area contributed by atoms with E-state index in [1.54, 1.807) is 6.21 Å². The molecule has 0 spiro atoms. The molecule has 3 aromatic rings. The first-order valence-corrected chi connectivity index (χ1v) is 9.20. The average molecular weight is 379 g/mol. The maximum absolute atomic E-state index is 12.2. The van der Waals surface area contributed by atoms with Gasteiger partial charge in [0.05, 0.1) is 18.3 Å². The summed E-state index contributed by atoms with van der Waals surface area (Å²) in [4.78, 5) is 12.2. The third kappa shape index (κ3) is 3.66. The van der Waals surface area contributed by atoms with Crippen molar-refractivity contribution >= 4 is 23.2 Å². The van der Waals surface area contributed by atoms with Crippen LogP contribution in [0.4, 0.5) is 0 Å². The van der Waals surface area contributed by atoms with E-state index in [1.165, 1.54) is 4.68 Å². The number of hydrogen-bond acceptors (Lipinski definition) is 6. The summed E-state index contributed by atoms with van der Waals surface area (Å²) in [5.41, 5.74) is 5.94. The van der Waals surface area contributed by atoms with E-state index in [9.17, 15) is 4.79 Å². The molecule has 1 aliphatic heterocycles. The zero-order chi connectivity index (χ0) is 19.5. The molecule has 4 rings (SSSR count). The van der Waals surface area contributed by atoms with Gasteiger partial charge in [0.25, 0.3) is 5.91 Å². The molecule has 1 aromatic heterocycles. The van der Waals surface area contributed by atoms with Crippen LogP contribution in [0.25, 0.3) is 11.0 Å². The Kier molecular flexibility index (Phi) is 4.92. The van der Waals surface area contributed by atoms with E-state index in [1.807, 2.05) is 50.2 Å². The van der Waals surface area contributed by atoms with E-state index < -0.39 is 0 Å². The van der Waals surface area contributed by atoms with Crippen molar-refractivity contribution in [1.29, 1.82) is 0 Å². The van der Waals surface area contributed by atoms with Gasteiger partial charge in [0, 0.05) is 17.5 Å². The number of para-hydroxylation sites is 1. The molecule has 0 aliphatic carbocycles. The van der Waals surface area contributed by atoms with Crippen LogP contribution in [0.5, 0.6) is 11.5 Å². The normalized spacial score (nSPS) is 15.6. The van der Waals surface area contributed by atoms with Crippen molar-refractivity contribution in [2.75, 3.05) is 6.61 Å². The molecule has 0 saturated carbocycles. The number of rotatable bonds is 6. The highest BCUT2D eigenvalue weighted by Crippen LogP contribution is 2.34. The number of carbonyl (C=O) groups excluding carboxylic acids is 1. The second-order valence-corrected chi connectivity index (χ2v) is 6.59. The molecule has 1 atom stereocenters. The van der Waals surface area contributed by atoms with Gasteiger partial charge in [-0.2, -0.15) is 5.10 Å². The SMILES string of the molecule is CCOc1cc2c(cc1/C=N\NC(=O)Cn1nnc3ccccc31)O[C@H](C)C2. The number of benzene rings is 2. The monoisotopic (exact) mass is 379 g/mol. The standard InChI is InChI=1S/C20H21N5O3/c1-3-27-18-9-14-8-13(2)28-19(14)10-15(18)11-21-23-20(26)12-25-17-7-5-4-6-16(17)22-24-25/h4-7,9-11,13H,3,8,12H2,1-2H3,(H,23,26)/b21-11-/t13-/m1/s1. The van der Waals surface area contributed by atoms with E-state index >= 15 is 0 Å². The molecule has 0 bridgehead atoms.